The number of nitrogens with zero attached hydrogens (tertiary/aromatic N) is 2. The minimum Gasteiger partial charge on any atom is -0.481 e. The lowest BCUT2D eigenvalue weighted by atomic mass is 9.87. The zero-order valence-electron chi connectivity index (χ0n) is 21.8. The van der Waals surface area contributed by atoms with Crippen LogP contribution in [0, 0.1) is 17.6 Å². The monoisotopic (exact) mass is 609 g/mol. The maximum atomic E-state index is 16.4. The van der Waals surface area contributed by atoms with Gasteiger partial charge in [0, 0.05) is 19.5 Å². The lowest BCUT2D eigenvalue weighted by Crippen LogP contribution is -2.54. The molecule has 0 bridgehead atoms. The first-order valence-electron chi connectivity index (χ1n) is 13.3. The summed E-state index contributed by atoms with van der Waals surface area (Å²) in [5.74, 6) is -7.58. The summed E-state index contributed by atoms with van der Waals surface area (Å²) in [6, 6.07) is 6.35. The van der Waals surface area contributed by atoms with Crippen LogP contribution in [-0.4, -0.2) is 57.2 Å². The van der Waals surface area contributed by atoms with Gasteiger partial charge in [-0.05, 0) is 79.9 Å². The summed E-state index contributed by atoms with van der Waals surface area (Å²) in [4.78, 5) is 38.7. The van der Waals surface area contributed by atoms with E-state index in [1.807, 2.05) is 0 Å². The van der Waals surface area contributed by atoms with Crippen LogP contribution in [0.2, 0.25) is 5.02 Å². The highest BCUT2D eigenvalue weighted by atomic mass is 35.5. The molecule has 1 unspecified atom stereocenters. The SMILES string of the molecule is O=C(Nc1cc(F)c(CC(=O)C(F)(O[C@H]2CC[C@H](C(=O)O)CC2)N2CCCC2)cc1Cl)c1nsc2cccc(F)c12. The number of carbonyl (C=O) groups is 3. The fraction of sp³-hybridized carbons (Fsp3) is 0.429. The number of fused-ring (bicyclic) bond motifs is 1. The molecule has 13 heteroatoms. The Labute approximate surface area is 242 Å². The van der Waals surface area contributed by atoms with Crippen LogP contribution in [-0.2, 0) is 20.7 Å². The highest BCUT2D eigenvalue weighted by Crippen LogP contribution is 2.35. The number of ketones is 1. The third-order valence-corrected chi connectivity index (χ3v) is 8.72. The summed E-state index contributed by atoms with van der Waals surface area (Å²) in [5, 5.41) is 11.6. The van der Waals surface area contributed by atoms with E-state index in [4.69, 9.17) is 16.3 Å². The largest absolute Gasteiger partial charge is 0.481 e. The molecule has 2 aliphatic rings. The standard InChI is InChI=1S/C28H27ClF3N3O5S/c29-18-12-16(20(31)14-21(18)33-26(37)25-24-19(30)4-3-5-22(24)41-34-25)13-23(36)28(32,35-10-1-2-11-35)40-17-8-6-15(7-9-17)27(38)39/h3-5,12,14-15,17H,1-2,6-11,13H2,(H,33,37)(H,38,39)/t15-,17-,28?. The first-order chi connectivity index (χ1) is 19.6. The van der Waals surface area contributed by atoms with Gasteiger partial charge in [-0.15, -0.1) is 0 Å². The maximum absolute atomic E-state index is 16.4. The highest BCUT2D eigenvalue weighted by molar-refractivity contribution is 7.13. The van der Waals surface area contributed by atoms with E-state index in [9.17, 15) is 23.9 Å². The van der Waals surface area contributed by atoms with Gasteiger partial charge in [-0.25, -0.2) is 13.7 Å². The summed E-state index contributed by atoms with van der Waals surface area (Å²) in [7, 11) is 0. The van der Waals surface area contributed by atoms with Gasteiger partial charge in [0.05, 0.1) is 32.8 Å². The van der Waals surface area contributed by atoms with Crippen LogP contribution >= 0.6 is 23.1 Å². The third kappa shape index (κ3) is 6.11. The highest BCUT2D eigenvalue weighted by Gasteiger charge is 2.49. The summed E-state index contributed by atoms with van der Waals surface area (Å²) in [5.41, 5.74) is -0.496. The Morgan fingerprint density at radius 3 is 2.51 bits per heavy atom. The molecule has 1 aliphatic heterocycles. The lowest BCUT2D eigenvalue weighted by Gasteiger charge is -2.37. The quantitative estimate of drug-likeness (QED) is 0.288. The molecule has 2 fully saturated rings. The van der Waals surface area contributed by atoms with Gasteiger partial charge in [0.15, 0.2) is 5.69 Å². The number of benzene rings is 2. The summed E-state index contributed by atoms with van der Waals surface area (Å²) in [6.45, 7) is 0.569. The van der Waals surface area contributed by atoms with Crippen molar-refractivity contribution >= 4 is 56.6 Å². The van der Waals surface area contributed by atoms with E-state index < -0.39 is 53.7 Å². The molecule has 1 aliphatic carbocycles. The van der Waals surface area contributed by atoms with Gasteiger partial charge < -0.3 is 15.2 Å². The molecule has 41 heavy (non-hydrogen) atoms. The van der Waals surface area contributed by atoms with Crippen molar-refractivity contribution in [1.82, 2.24) is 9.27 Å². The Kier molecular flexibility index (Phi) is 8.65. The second kappa shape index (κ2) is 12.0. The zero-order chi connectivity index (χ0) is 29.3. The molecule has 8 nitrogen and oxygen atoms in total. The number of Topliss-reactive ketones (excluding diaryl/α,β-unsaturated/α-hetero) is 1. The van der Waals surface area contributed by atoms with Gasteiger partial charge in [0.25, 0.3) is 5.91 Å². The number of amides is 1. The van der Waals surface area contributed by atoms with Gasteiger partial charge in [-0.1, -0.05) is 17.7 Å². The van der Waals surface area contributed by atoms with Gasteiger partial charge in [-0.2, -0.15) is 8.76 Å². The van der Waals surface area contributed by atoms with Crippen LogP contribution < -0.4 is 5.32 Å². The Balaban J connectivity index is 1.32. The molecule has 1 aromatic heterocycles. The zero-order valence-corrected chi connectivity index (χ0v) is 23.4. The number of carboxylic acids is 1. The van der Waals surface area contributed by atoms with Crippen molar-refractivity contribution < 1.29 is 37.4 Å². The van der Waals surface area contributed by atoms with Crippen LogP contribution in [0.1, 0.15) is 54.6 Å². The minimum atomic E-state index is -2.81. The summed E-state index contributed by atoms with van der Waals surface area (Å²) in [6.07, 6.45) is 1.21. The van der Waals surface area contributed by atoms with Crippen molar-refractivity contribution in [3.8, 4) is 0 Å². The van der Waals surface area contributed by atoms with Crippen LogP contribution in [0.3, 0.4) is 0 Å². The number of rotatable bonds is 9. The average molecular weight is 610 g/mol. The van der Waals surface area contributed by atoms with Crippen molar-refractivity contribution in [3.05, 3.63) is 58.2 Å². The number of anilines is 1. The smallest absolute Gasteiger partial charge is 0.330 e. The van der Waals surface area contributed by atoms with E-state index in [-0.39, 0.29) is 53.3 Å². The van der Waals surface area contributed by atoms with Crippen molar-refractivity contribution in [3.63, 3.8) is 0 Å². The average Bonchev–Trinajstić information content (AvgIpc) is 3.63. The molecule has 0 radical (unpaired) electrons. The van der Waals surface area contributed by atoms with Gasteiger partial charge in [0.2, 0.25) is 5.78 Å². The molecule has 0 spiro atoms. The topological polar surface area (TPSA) is 109 Å². The predicted molar refractivity (Wildman–Crippen MR) is 147 cm³/mol. The molecule has 1 atom stereocenters. The molecular formula is C28H27ClF3N3O5S. The van der Waals surface area contributed by atoms with Crippen LogP contribution in [0.4, 0.5) is 18.9 Å². The number of alkyl halides is 1. The number of aliphatic carboxylic acids is 1. The van der Waals surface area contributed by atoms with Crippen molar-refractivity contribution in [2.45, 2.75) is 57.0 Å². The Hall–Kier alpha value is -3.06. The molecular weight excluding hydrogens is 583 g/mol. The van der Waals surface area contributed by atoms with Crippen molar-refractivity contribution in [2.75, 3.05) is 18.4 Å². The van der Waals surface area contributed by atoms with Gasteiger partial charge in [-0.3, -0.25) is 14.4 Å². The second-order valence-electron chi connectivity index (χ2n) is 10.3. The van der Waals surface area contributed by atoms with E-state index in [0.29, 0.717) is 30.4 Å². The molecule has 1 saturated carbocycles. The summed E-state index contributed by atoms with van der Waals surface area (Å²) < 4.78 is 56.1. The van der Waals surface area contributed by atoms with Crippen LogP contribution in [0.25, 0.3) is 10.1 Å². The fourth-order valence-corrected chi connectivity index (χ4v) is 6.38. The molecule has 1 saturated heterocycles. The molecule has 5 rings (SSSR count). The van der Waals surface area contributed by atoms with Crippen LogP contribution in [0.15, 0.2) is 30.3 Å². The molecule has 1 amide bonds. The number of likely N-dealkylation sites (tertiary alicyclic amines) is 1. The first kappa shape index (κ1) is 29.4. The van der Waals surface area contributed by atoms with E-state index in [0.717, 1.165) is 23.7 Å². The van der Waals surface area contributed by atoms with E-state index >= 15 is 8.78 Å². The number of carbonyl (C=O) groups excluding carboxylic acids is 2. The summed E-state index contributed by atoms with van der Waals surface area (Å²) >= 11 is 7.25. The minimum absolute atomic E-state index is 0.0338. The molecule has 3 aromatic rings. The Bertz CT molecular complexity index is 1490. The molecule has 2 N–H and O–H groups in total. The Morgan fingerprint density at radius 2 is 1.83 bits per heavy atom. The van der Waals surface area contributed by atoms with Crippen molar-refractivity contribution in [2.24, 2.45) is 5.92 Å². The number of hydrogen-bond acceptors (Lipinski definition) is 7. The van der Waals surface area contributed by atoms with E-state index in [1.54, 1.807) is 6.07 Å². The first-order valence-corrected chi connectivity index (χ1v) is 14.4. The second-order valence-corrected chi connectivity index (χ2v) is 11.5. The van der Waals surface area contributed by atoms with E-state index in [2.05, 4.69) is 9.69 Å². The fourth-order valence-electron chi connectivity index (χ4n) is 5.36. The molecule has 2 heterocycles. The number of halogens is 4. The number of hydrogen-bond donors (Lipinski definition) is 2. The predicted octanol–water partition coefficient (Wildman–Crippen LogP) is 5.97. The lowest BCUT2D eigenvalue weighted by molar-refractivity contribution is -0.252. The van der Waals surface area contributed by atoms with Crippen LogP contribution in [0.5, 0.6) is 0 Å². The Morgan fingerprint density at radius 1 is 1.12 bits per heavy atom. The molecule has 2 aromatic carbocycles. The number of carboxylic acid groups (broad SMARTS) is 1. The third-order valence-electron chi connectivity index (χ3n) is 7.60. The normalized spacial score (nSPS) is 21.1. The van der Waals surface area contributed by atoms with Gasteiger partial charge in [0.1, 0.15) is 11.6 Å². The number of nitrogens with one attached hydrogen (secondary N) is 1. The number of ether oxygens (including phenoxy) is 1. The maximum Gasteiger partial charge on any atom is 0.330 e. The number of aromatic nitrogens is 1. The van der Waals surface area contributed by atoms with E-state index in [1.165, 1.54) is 17.0 Å². The van der Waals surface area contributed by atoms with Crippen molar-refractivity contribution in [1.29, 1.82) is 0 Å². The van der Waals surface area contributed by atoms with Gasteiger partial charge >= 0.3 is 11.9 Å². The molecule has 218 valence electrons.